The Morgan fingerprint density at radius 2 is 2.00 bits per heavy atom. The van der Waals surface area contributed by atoms with Gasteiger partial charge in [0.2, 0.25) is 0 Å². The van der Waals surface area contributed by atoms with E-state index in [2.05, 4.69) is 15.9 Å². The molecule has 1 rings (SSSR count). The minimum atomic E-state index is -1.58. The van der Waals surface area contributed by atoms with Gasteiger partial charge in [0, 0.05) is 0 Å². The first-order valence-corrected chi connectivity index (χ1v) is 6.33. The molecule has 0 spiro atoms. The van der Waals surface area contributed by atoms with Crippen LogP contribution in [0.3, 0.4) is 0 Å². The number of carboxylic acids is 1. The molecule has 0 fully saturated rings. The molecule has 18 heavy (non-hydrogen) atoms. The lowest BCUT2D eigenvalue weighted by Gasteiger charge is -2.32. The average Bonchev–Trinajstić information content (AvgIpc) is 2.19. The van der Waals surface area contributed by atoms with Crippen LogP contribution < -0.4 is 5.73 Å². The molecule has 0 amide bonds. The van der Waals surface area contributed by atoms with Gasteiger partial charge in [-0.15, -0.1) is 0 Å². The maximum absolute atomic E-state index is 13.5. The summed E-state index contributed by atoms with van der Waals surface area (Å²) in [5.41, 5.74) is 4.39. The van der Waals surface area contributed by atoms with Crippen LogP contribution in [0.4, 0.5) is 4.39 Å². The second-order valence-electron chi connectivity index (χ2n) is 5.64. The summed E-state index contributed by atoms with van der Waals surface area (Å²) < 4.78 is 13.8. The number of benzene rings is 1. The highest BCUT2D eigenvalue weighted by atomic mass is 79.9. The molecule has 0 aliphatic heterocycles. The Balaban J connectivity index is 3.27. The Kier molecular flexibility index (Phi) is 4.18. The predicted octanol–water partition coefficient (Wildman–Crippen LogP) is 3.26. The molecule has 0 bridgehead atoms. The zero-order chi connectivity index (χ0) is 14.1. The van der Waals surface area contributed by atoms with Crippen LogP contribution in [0.1, 0.15) is 32.8 Å². The van der Waals surface area contributed by atoms with Crippen molar-refractivity contribution in [1.29, 1.82) is 0 Å². The van der Waals surface area contributed by atoms with E-state index in [9.17, 15) is 14.3 Å². The third-order valence-corrected chi connectivity index (χ3v) is 3.27. The number of carbonyl (C=O) groups is 1. The van der Waals surface area contributed by atoms with Gasteiger partial charge in [-0.05, 0) is 45.5 Å². The van der Waals surface area contributed by atoms with Crippen molar-refractivity contribution < 1.29 is 14.3 Å². The second-order valence-corrected chi connectivity index (χ2v) is 6.50. The summed E-state index contributed by atoms with van der Waals surface area (Å²) in [6, 6.07) is 4.18. The summed E-state index contributed by atoms with van der Waals surface area (Å²) in [5, 5.41) is 9.35. The number of nitrogens with two attached hydrogens (primary N) is 1. The monoisotopic (exact) mass is 317 g/mol. The smallest absolute Gasteiger partial charge is 0.328 e. The maximum Gasteiger partial charge on any atom is 0.328 e. The van der Waals surface area contributed by atoms with Crippen LogP contribution in [0.15, 0.2) is 22.7 Å². The normalized spacial score (nSPS) is 15.2. The van der Waals surface area contributed by atoms with E-state index >= 15 is 0 Å². The molecule has 0 aliphatic rings. The van der Waals surface area contributed by atoms with Gasteiger partial charge in [0.25, 0.3) is 0 Å². The van der Waals surface area contributed by atoms with Crippen molar-refractivity contribution >= 4 is 21.9 Å². The van der Waals surface area contributed by atoms with Gasteiger partial charge in [-0.25, -0.2) is 9.18 Å². The Bertz CT molecular complexity index is 471. The number of aliphatic carboxylic acids is 1. The second kappa shape index (κ2) is 4.97. The van der Waals surface area contributed by atoms with Crippen LogP contribution in [0.2, 0.25) is 0 Å². The van der Waals surface area contributed by atoms with Crippen LogP contribution >= 0.6 is 15.9 Å². The van der Waals surface area contributed by atoms with Crippen molar-refractivity contribution in [3.05, 3.63) is 34.1 Å². The predicted molar refractivity (Wildman–Crippen MR) is 71.7 cm³/mol. The summed E-state index contributed by atoms with van der Waals surface area (Å²) in [6.45, 7) is 5.69. The molecule has 0 unspecified atom stereocenters. The van der Waals surface area contributed by atoms with Crippen molar-refractivity contribution in [2.45, 2.75) is 32.7 Å². The molecule has 0 saturated carbocycles. The number of rotatable bonds is 3. The van der Waals surface area contributed by atoms with Crippen LogP contribution in [0, 0.1) is 11.2 Å². The minimum absolute atomic E-state index is 0.219. The molecule has 0 radical (unpaired) electrons. The first kappa shape index (κ1) is 15.1. The van der Waals surface area contributed by atoms with Crippen molar-refractivity contribution in [1.82, 2.24) is 0 Å². The van der Waals surface area contributed by atoms with Crippen LogP contribution in [0.5, 0.6) is 0 Å². The van der Waals surface area contributed by atoms with Gasteiger partial charge in [0.15, 0.2) is 0 Å². The van der Waals surface area contributed by atoms with Gasteiger partial charge in [-0.2, -0.15) is 0 Å². The highest BCUT2D eigenvalue weighted by molar-refractivity contribution is 9.10. The molecule has 0 aromatic heterocycles. The number of halogens is 2. The molecule has 1 aromatic carbocycles. The Labute approximate surface area is 114 Å². The van der Waals surface area contributed by atoms with Crippen molar-refractivity contribution in [2.75, 3.05) is 0 Å². The molecule has 100 valence electrons. The van der Waals surface area contributed by atoms with E-state index in [1.54, 1.807) is 0 Å². The van der Waals surface area contributed by atoms with E-state index in [4.69, 9.17) is 5.73 Å². The van der Waals surface area contributed by atoms with E-state index in [0.717, 1.165) is 0 Å². The molecule has 5 heteroatoms. The summed E-state index contributed by atoms with van der Waals surface area (Å²) in [5.74, 6) is -1.67. The third-order valence-electron chi connectivity index (χ3n) is 2.63. The number of carboxylic acid groups (broad SMARTS) is 1. The molecule has 0 heterocycles. The van der Waals surface area contributed by atoms with E-state index in [1.807, 2.05) is 20.8 Å². The Morgan fingerprint density at radius 3 is 2.39 bits per heavy atom. The van der Waals surface area contributed by atoms with Crippen molar-refractivity contribution in [2.24, 2.45) is 11.1 Å². The summed E-state index contributed by atoms with van der Waals surface area (Å²) in [4.78, 5) is 11.4. The zero-order valence-corrected chi connectivity index (χ0v) is 12.2. The van der Waals surface area contributed by atoms with E-state index in [0.29, 0.717) is 0 Å². The number of hydrogen-bond acceptors (Lipinski definition) is 2. The fraction of sp³-hybridized carbons (Fsp3) is 0.462. The molecular formula is C13H17BrFNO2. The first-order valence-electron chi connectivity index (χ1n) is 5.54. The standard InChI is InChI=1S/C13H17BrFNO2/c1-12(2,3)7-13(16,11(17)18)8-4-5-9(14)10(15)6-8/h4-6H,7,16H2,1-3H3,(H,17,18)/t13-/m1/s1. The quantitative estimate of drug-likeness (QED) is 0.899. The molecule has 0 aliphatic carbocycles. The number of hydrogen-bond donors (Lipinski definition) is 2. The lowest BCUT2D eigenvalue weighted by molar-refractivity contribution is -0.145. The molecular weight excluding hydrogens is 301 g/mol. The maximum atomic E-state index is 13.5. The fourth-order valence-electron chi connectivity index (χ4n) is 1.91. The highest BCUT2D eigenvalue weighted by Gasteiger charge is 2.40. The first-order chi connectivity index (χ1) is 8.06. The third kappa shape index (κ3) is 3.29. The zero-order valence-electron chi connectivity index (χ0n) is 10.6. The van der Waals surface area contributed by atoms with Gasteiger partial charge in [0.1, 0.15) is 11.4 Å². The van der Waals surface area contributed by atoms with E-state index in [-0.39, 0.29) is 21.9 Å². The minimum Gasteiger partial charge on any atom is -0.480 e. The molecule has 3 N–H and O–H groups in total. The van der Waals surface area contributed by atoms with Crippen LogP contribution in [-0.4, -0.2) is 11.1 Å². The van der Waals surface area contributed by atoms with Gasteiger partial charge in [-0.3, -0.25) is 0 Å². The molecule has 1 atom stereocenters. The topological polar surface area (TPSA) is 63.3 Å². The average molecular weight is 318 g/mol. The van der Waals surface area contributed by atoms with Gasteiger partial charge in [-0.1, -0.05) is 26.8 Å². The highest BCUT2D eigenvalue weighted by Crippen LogP contribution is 2.34. The van der Waals surface area contributed by atoms with Crippen molar-refractivity contribution in [3.8, 4) is 0 Å². The SMILES string of the molecule is CC(C)(C)C[C@](N)(C(=O)O)c1ccc(Br)c(F)c1. The van der Waals surface area contributed by atoms with Crippen LogP contribution in [0.25, 0.3) is 0 Å². The lowest BCUT2D eigenvalue weighted by Crippen LogP contribution is -2.47. The summed E-state index contributed by atoms with van der Waals surface area (Å²) >= 11 is 3.03. The lowest BCUT2D eigenvalue weighted by atomic mass is 9.76. The molecule has 0 saturated heterocycles. The molecule has 1 aromatic rings. The Morgan fingerprint density at radius 1 is 1.44 bits per heavy atom. The largest absolute Gasteiger partial charge is 0.480 e. The van der Waals surface area contributed by atoms with Gasteiger partial charge in [0.05, 0.1) is 4.47 Å². The summed E-state index contributed by atoms with van der Waals surface area (Å²) in [6.07, 6.45) is 0.219. The van der Waals surface area contributed by atoms with Gasteiger partial charge >= 0.3 is 5.97 Å². The Hall–Kier alpha value is -0.940. The fourth-order valence-corrected chi connectivity index (χ4v) is 2.16. The molecule has 3 nitrogen and oxygen atoms in total. The summed E-state index contributed by atoms with van der Waals surface area (Å²) in [7, 11) is 0. The van der Waals surface area contributed by atoms with Gasteiger partial charge < -0.3 is 10.8 Å². The van der Waals surface area contributed by atoms with Crippen molar-refractivity contribution in [3.63, 3.8) is 0 Å². The van der Waals surface area contributed by atoms with E-state index < -0.39 is 17.3 Å². The van der Waals surface area contributed by atoms with Crippen LogP contribution in [-0.2, 0) is 10.3 Å². The van der Waals surface area contributed by atoms with E-state index in [1.165, 1.54) is 18.2 Å².